The highest BCUT2D eigenvalue weighted by atomic mass is 16.5. The summed E-state index contributed by atoms with van der Waals surface area (Å²) in [5, 5.41) is 20.5. The van der Waals surface area contributed by atoms with Gasteiger partial charge in [-0.3, -0.25) is 0 Å². The molecule has 5 heteroatoms. The molecule has 2 rings (SSSR count). The van der Waals surface area contributed by atoms with E-state index < -0.39 is 17.8 Å². The van der Waals surface area contributed by atoms with Gasteiger partial charge in [-0.2, -0.15) is 0 Å². The molecule has 2 N–H and O–H groups in total. The Kier molecular flexibility index (Phi) is 9.69. The largest absolute Gasteiger partial charge is 0.493 e. The molecule has 154 valence electrons. The molecule has 2 aromatic rings. The topological polar surface area (TPSA) is 79.9 Å². The maximum atomic E-state index is 11.3. The molecule has 1 aromatic heterocycles. The molecule has 1 aromatic carbocycles. The molecule has 0 unspecified atom stereocenters. The lowest BCUT2D eigenvalue weighted by atomic mass is 10.2. The van der Waals surface area contributed by atoms with E-state index in [2.05, 4.69) is 6.92 Å². The average Bonchev–Trinajstić information content (AvgIpc) is 2.70. The summed E-state index contributed by atoms with van der Waals surface area (Å²) in [6.07, 6.45) is 15.4. The van der Waals surface area contributed by atoms with Crippen molar-refractivity contribution in [3.05, 3.63) is 89.4 Å². The minimum atomic E-state index is -0.633. The van der Waals surface area contributed by atoms with Gasteiger partial charge >= 0.3 is 5.63 Å². The predicted molar refractivity (Wildman–Crippen MR) is 116 cm³/mol. The molecule has 0 amide bonds. The van der Waals surface area contributed by atoms with Crippen LogP contribution in [0, 0.1) is 0 Å². The lowest BCUT2D eigenvalue weighted by Crippen LogP contribution is -2.09. The van der Waals surface area contributed by atoms with Gasteiger partial charge in [-0.1, -0.05) is 55.5 Å². The minimum Gasteiger partial charge on any atom is -0.493 e. The Bertz CT molecular complexity index is 920. The Hall–Kier alpha value is -2.89. The third kappa shape index (κ3) is 8.77. The van der Waals surface area contributed by atoms with Gasteiger partial charge in [0.05, 0.1) is 18.8 Å². The minimum absolute atomic E-state index is 0.329. The number of hydrogen-bond acceptors (Lipinski definition) is 5. The molecule has 0 spiro atoms. The zero-order valence-electron chi connectivity index (χ0n) is 16.6. The normalized spacial score (nSPS) is 14.6. The second-order valence-electron chi connectivity index (χ2n) is 6.50. The Morgan fingerprint density at radius 1 is 1.00 bits per heavy atom. The molecule has 0 aliphatic carbocycles. The van der Waals surface area contributed by atoms with Crippen LogP contribution in [0.15, 0.2) is 88.2 Å². The van der Waals surface area contributed by atoms with Crippen molar-refractivity contribution < 1.29 is 19.4 Å². The van der Waals surface area contributed by atoms with E-state index in [1.165, 1.54) is 6.07 Å². The number of aliphatic hydroxyl groups excluding tert-OH is 2. The van der Waals surface area contributed by atoms with Gasteiger partial charge in [-0.25, -0.2) is 4.79 Å². The first-order chi connectivity index (χ1) is 14.1. The maximum absolute atomic E-state index is 11.3. The number of hydrogen-bond donors (Lipinski definition) is 2. The Labute approximate surface area is 170 Å². The van der Waals surface area contributed by atoms with Crippen molar-refractivity contribution >= 4 is 11.0 Å². The number of aliphatic hydroxyl groups is 2. The maximum Gasteiger partial charge on any atom is 0.336 e. The second-order valence-corrected chi connectivity index (χ2v) is 6.50. The SMILES string of the molecule is CC/C=C\C[C@H](O)/C=C/C=C\C=C\[C@@H](O)CCOc1ccc2ccc(=O)oc2c1. The highest BCUT2D eigenvalue weighted by Gasteiger charge is 2.03. The molecule has 0 fully saturated rings. The molecule has 1 heterocycles. The molecule has 2 atom stereocenters. The van der Waals surface area contributed by atoms with Gasteiger partial charge in [0.25, 0.3) is 0 Å². The van der Waals surface area contributed by atoms with Crippen LogP contribution in [0.4, 0.5) is 0 Å². The van der Waals surface area contributed by atoms with Crippen LogP contribution in [-0.2, 0) is 0 Å². The van der Waals surface area contributed by atoms with Crippen molar-refractivity contribution in [2.45, 2.75) is 38.4 Å². The van der Waals surface area contributed by atoms with Crippen LogP contribution >= 0.6 is 0 Å². The Morgan fingerprint density at radius 2 is 1.72 bits per heavy atom. The van der Waals surface area contributed by atoms with E-state index >= 15 is 0 Å². The first kappa shape index (κ1) is 22.4. The van der Waals surface area contributed by atoms with Crippen molar-refractivity contribution in [3.8, 4) is 5.75 Å². The van der Waals surface area contributed by atoms with Gasteiger partial charge in [-0.15, -0.1) is 0 Å². The van der Waals surface area contributed by atoms with Crippen molar-refractivity contribution in [2.75, 3.05) is 6.61 Å². The van der Waals surface area contributed by atoms with Crippen molar-refractivity contribution in [2.24, 2.45) is 0 Å². The molecule has 0 aliphatic heterocycles. The quantitative estimate of drug-likeness (QED) is 0.336. The molecule has 0 aliphatic rings. The summed E-state index contributed by atoms with van der Waals surface area (Å²) < 4.78 is 10.7. The van der Waals surface area contributed by atoms with Crippen LogP contribution in [0.5, 0.6) is 5.75 Å². The van der Waals surface area contributed by atoms with Crippen molar-refractivity contribution in [1.82, 2.24) is 0 Å². The van der Waals surface area contributed by atoms with Gasteiger partial charge in [0.15, 0.2) is 0 Å². The molecule has 0 radical (unpaired) electrons. The van der Waals surface area contributed by atoms with Crippen molar-refractivity contribution in [3.63, 3.8) is 0 Å². The zero-order chi connectivity index (χ0) is 20.9. The zero-order valence-corrected chi connectivity index (χ0v) is 16.6. The average molecular weight is 396 g/mol. The van der Waals surface area contributed by atoms with Crippen LogP contribution in [0.25, 0.3) is 11.0 Å². The number of fused-ring (bicyclic) bond motifs is 1. The van der Waals surface area contributed by atoms with E-state index in [0.717, 1.165) is 11.8 Å². The number of rotatable bonds is 11. The fourth-order valence-electron chi connectivity index (χ4n) is 2.52. The van der Waals surface area contributed by atoms with Gasteiger partial charge in [0.2, 0.25) is 0 Å². The monoisotopic (exact) mass is 396 g/mol. The van der Waals surface area contributed by atoms with Gasteiger partial charge in [0.1, 0.15) is 11.3 Å². The van der Waals surface area contributed by atoms with Crippen LogP contribution in [0.3, 0.4) is 0 Å². The van der Waals surface area contributed by atoms with Crippen molar-refractivity contribution in [1.29, 1.82) is 0 Å². The first-order valence-electron chi connectivity index (χ1n) is 9.78. The van der Waals surface area contributed by atoms with E-state index in [-0.39, 0.29) is 0 Å². The van der Waals surface area contributed by atoms with Crippen LogP contribution in [0.2, 0.25) is 0 Å². The lowest BCUT2D eigenvalue weighted by molar-refractivity contribution is 0.178. The highest BCUT2D eigenvalue weighted by molar-refractivity contribution is 5.77. The number of allylic oxidation sites excluding steroid dienone is 5. The van der Waals surface area contributed by atoms with E-state index in [0.29, 0.717) is 30.8 Å². The molecule has 0 bridgehead atoms. The van der Waals surface area contributed by atoms with Crippen LogP contribution < -0.4 is 10.4 Å². The summed E-state index contributed by atoms with van der Waals surface area (Å²) in [7, 11) is 0. The molecule has 0 saturated heterocycles. The summed E-state index contributed by atoms with van der Waals surface area (Å²) in [5.74, 6) is 0.584. The first-order valence-corrected chi connectivity index (χ1v) is 9.78. The molecular formula is C24H28O5. The third-order valence-corrected chi connectivity index (χ3v) is 4.06. The molecule has 0 saturated carbocycles. The summed E-state index contributed by atoms with van der Waals surface area (Å²) >= 11 is 0. The molecular weight excluding hydrogens is 368 g/mol. The van der Waals surface area contributed by atoms with Gasteiger partial charge in [-0.05, 0) is 31.0 Å². The predicted octanol–water partition coefficient (Wildman–Crippen LogP) is 4.31. The van der Waals surface area contributed by atoms with E-state index in [4.69, 9.17) is 9.15 Å². The Balaban J connectivity index is 1.70. The smallest absolute Gasteiger partial charge is 0.336 e. The summed E-state index contributed by atoms with van der Waals surface area (Å²) in [6, 6.07) is 8.36. The third-order valence-electron chi connectivity index (χ3n) is 4.06. The fourth-order valence-corrected chi connectivity index (χ4v) is 2.52. The standard InChI is InChI=1S/C24H28O5/c1-2-3-6-9-20(25)10-7-4-5-8-11-21(26)16-17-28-22-14-12-19-13-15-24(27)29-23(19)18-22/h3-8,10-15,18,20-21,25-26H,2,9,16-17H2,1H3/b5-4-,6-3-,10-7+,11-8+/t20-,21+/m0/s1. The summed E-state index contributed by atoms with van der Waals surface area (Å²) in [5.41, 5.74) is 0.0705. The van der Waals surface area contributed by atoms with E-state index in [9.17, 15) is 15.0 Å². The summed E-state index contributed by atoms with van der Waals surface area (Å²) in [6.45, 7) is 2.38. The van der Waals surface area contributed by atoms with Crippen LogP contribution in [0.1, 0.15) is 26.2 Å². The van der Waals surface area contributed by atoms with E-state index in [1.54, 1.807) is 54.7 Å². The lowest BCUT2D eigenvalue weighted by Gasteiger charge is -2.08. The molecule has 29 heavy (non-hydrogen) atoms. The second kappa shape index (κ2) is 12.5. The van der Waals surface area contributed by atoms with Gasteiger partial charge < -0.3 is 19.4 Å². The molecule has 5 nitrogen and oxygen atoms in total. The number of ether oxygens (including phenoxy) is 1. The fraction of sp³-hybridized carbons (Fsp3) is 0.292. The van der Waals surface area contributed by atoms with Gasteiger partial charge in [0, 0.05) is 23.9 Å². The van der Waals surface area contributed by atoms with Crippen LogP contribution in [-0.4, -0.2) is 29.0 Å². The Morgan fingerprint density at radius 3 is 2.48 bits per heavy atom. The summed E-state index contributed by atoms with van der Waals surface area (Å²) in [4.78, 5) is 11.3. The number of benzene rings is 1. The van der Waals surface area contributed by atoms with E-state index in [1.807, 2.05) is 18.2 Å². The highest BCUT2D eigenvalue weighted by Crippen LogP contribution is 2.19.